The van der Waals surface area contributed by atoms with Crippen LogP contribution in [-0.2, 0) is 101 Å². The zero-order valence-corrected chi connectivity index (χ0v) is 62.6. The Morgan fingerprint density at radius 1 is 0.755 bits per heavy atom. The highest BCUT2D eigenvalue weighted by Crippen LogP contribution is 2.47. The van der Waals surface area contributed by atoms with Gasteiger partial charge >= 0.3 is 23.9 Å². The number of aromatic nitrogens is 5. The molecule has 2 aromatic carbocycles. The van der Waals surface area contributed by atoms with Crippen molar-refractivity contribution in [2.75, 3.05) is 58.8 Å². The molecule has 5 aliphatic heterocycles. The molecule has 27 nitrogen and oxygen atoms in total. The van der Waals surface area contributed by atoms with E-state index in [2.05, 4.69) is 57.5 Å². The highest BCUT2D eigenvalue weighted by molar-refractivity contribution is 7.92. The Morgan fingerprint density at radius 2 is 1.36 bits per heavy atom. The number of aryl methyl sites for hydroxylation is 1. The van der Waals surface area contributed by atoms with Crippen LogP contribution in [0.2, 0.25) is 5.02 Å². The number of H-pyrrole nitrogens is 1. The number of hydrogen-bond acceptors (Lipinski definition) is 19. The monoisotopic (exact) mass is 1500 g/mol. The van der Waals surface area contributed by atoms with E-state index in [1.165, 1.54) is 61.5 Å². The Morgan fingerprint density at radius 3 is 1.93 bits per heavy atom. The normalized spacial score (nSPS) is 23.9. The molecule has 0 saturated heterocycles. The maximum atomic E-state index is 14.7. The Bertz CT molecular complexity index is 4520. The highest BCUT2D eigenvalue weighted by atomic mass is 35.5. The molecule has 7 aliphatic rings. The molecule has 2 aliphatic carbocycles. The molecule has 10 atom stereocenters. The maximum absolute atomic E-state index is 14.7. The van der Waals surface area contributed by atoms with Crippen molar-refractivity contribution >= 4 is 75.5 Å². The van der Waals surface area contributed by atoms with E-state index in [-0.39, 0.29) is 54.0 Å². The van der Waals surface area contributed by atoms with Crippen molar-refractivity contribution in [2.45, 2.75) is 155 Å². The molecule has 14 rings (SSSR count). The number of halogens is 1. The number of anilines is 1. The van der Waals surface area contributed by atoms with Gasteiger partial charge in [0.2, 0.25) is 0 Å². The average molecular weight is 1500 g/mol. The number of aldehydes is 2. The molecular formula is C77H93ClN8O19S. The Balaban J connectivity index is 0.000000180. The fourth-order valence-electron chi connectivity index (χ4n) is 14.3. The molecule has 1 spiro atoms. The van der Waals surface area contributed by atoms with Crippen LogP contribution in [0.3, 0.4) is 0 Å². The molecule has 2 bridgehead atoms. The van der Waals surface area contributed by atoms with Crippen molar-refractivity contribution in [2.24, 2.45) is 22.1 Å². The predicted molar refractivity (Wildman–Crippen MR) is 392 cm³/mol. The van der Waals surface area contributed by atoms with Crippen LogP contribution in [0.1, 0.15) is 178 Å². The van der Waals surface area contributed by atoms with E-state index in [1.54, 1.807) is 44.6 Å². The average Bonchev–Trinajstić information content (AvgIpc) is 1.46. The van der Waals surface area contributed by atoms with E-state index in [9.17, 15) is 47.7 Å². The summed E-state index contributed by atoms with van der Waals surface area (Å²) in [5, 5.41) is 18.7. The summed E-state index contributed by atoms with van der Waals surface area (Å²) in [4.78, 5) is 97.4. The van der Waals surface area contributed by atoms with Gasteiger partial charge in [-0.1, -0.05) is 36.7 Å². The van der Waals surface area contributed by atoms with E-state index >= 15 is 0 Å². The zero-order chi connectivity index (χ0) is 76.1. The number of esters is 3. The first-order valence-corrected chi connectivity index (χ1v) is 37.3. The molecule has 29 heteroatoms. The molecular weight excluding hydrogens is 1410 g/mol. The molecule has 568 valence electrons. The van der Waals surface area contributed by atoms with Crippen LogP contribution in [0.25, 0.3) is 0 Å². The van der Waals surface area contributed by atoms with Gasteiger partial charge in [0, 0.05) is 110 Å². The van der Waals surface area contributed by atoms with E-state index < -0.39 is 45.7 Å². The number of aromatic amines is 1. The van der Waals surface area contributed by atoms with Gasteiger partial charge in [-0.3, -0.25) is 23.9 Å². The number of fused-ring (bicyclic) bond motifs is 7. The van der Waals surface area contributed by atoms with Gasteiger partial charge in [0.25, 0.3) is 11.8 Å². The van der Waals surface area contributed by atoms with E-state index in [1.807, 2.05) is 71.9 Å². The summed E-state index contributed by atoms with van der Waals surface area (Å²) in [7, 11) is 2.18. The molecule has 4 N–H and O–H groups in total. The summed E-state index contributed by atoms with van der Waals surface area (Å²) in [6, 6.07) is 19.7. The van der Waals surface area contributed by atoms with Crippen LogP contribution in [0, 0.1) is 17.8 Å². The number of hydrogen-bond donors (Lipinski definition) is 4. The first kappa shape index (κ1) is 79.2. The minimum atomic E-state index is -3.54. The molecule has 2 amide bonds. The number of nitrogens with zero attached hydrogens (tertiary/aromatic N) is 6. The first-order chi connectivity index (χ1) is 50.7. The van der Waals surface area contributed by atoms with Crippen molar-refractivity contribution in [1.29, 1.82) is 0 Å². The summed E-state index contributed by atoms with van der Waals surface area (Å²) in [5.41, 5.74) is 8.92. The van der Waals surface area contributed by atoms with E-state index in [0.29, 0.717) is 114 Å². The van der Waals surface area contributed by atoms with Crippen molar-refractivity contribution in [3.8, 4) is 5.75 Å². The molecule has 0 radical (unpaired) electrons. The summed E-state index contributed by atoms with van der Waals surface area (Å²) >= 11 is 6.47. The van der Waals surface area contributed by atoms with Gasteiger partial charge in [0.05, 0.1) is 129 Å². The van der Waals surface area contributed by atoms with Crippen molar-refractivity contribution in [3.63, 3.8) is 0 Å². The minimum absolute atomic E-state index is 0.0123. The summed E-state index contributed by atoms with van der Waals surface area (Å²) in [6.07, 6.45) is 19.1. The second-order valence-electron chi connectivity index (χ2n) is 27.9. The topological polar surface area (TPSA) is 331 Å². The van der Waals surface area contributed by atoms with E-state index in [4.69, 9.17) is 40.4 Å². The molecule has 10 heterocycles. The standard InChI is InChI=1S/C41H49ClN4O6S.C10H13NO4.C10H13NO3.C9H11NO3.C7H7NO3/c1-26-6-4-8-37(50-3)34-12-9-30(34)20-46-24-41(15-5-7-28-16-32(42)11-13-35(28)41)25-52-38-14-10-29(18-36(38)46)39(47)43-53(49,23-26)44-40(48)31-17-33-22-51-27(2)19-45(33)21-31;1-7(13)4-11-5-8(10(14)15-2)3-9(11)6-12;1-7-4-11-5-8(10(12)13-2)3-9(11)6-14-7;1-6-3-10-4-7(9(11)12)2-8(10)5-13-6;1-11-7(10)5-2-6(4-9)8-3-5/h4,8,10-11,13-14,16-18,21,26-27,30,34,37H,5-7,9,12,15,19-20,22-25H2,1-3H3,(H,43,44,47,48,49);3,5-7,13H,4H2,1-2H3;3,5,7H,4,6H2,1-2H3;2,4,6H,3,5H2,1H3,(H,11,12);2-4,8H,1H3/b8-4+;;;;/t26-,27-,30-,34+,37-,41-,53?;2*7-;6-;/m0000./s1. The number of methoxy groups -OCH3 is 4. The Hall–Kier alpha value is -9.42. The Kier molecular flexibility index (Phi) is 26.4. The lowest BCUT2D eigenvalue weighted by Gasteiger charge is -2.46. The fourth-order valence-corrected chi connectivity index (χ4v) is 16.3. The van der Waals surface area contributed by atoms with Gasteiger partial charge in [-0.2, -0.15) is 0 Å². The number of aliphatic hydroxyl groups is 1. The molecule has 1 saturated carbocycles. The number of benzene rings is 2. The number of carboxylic acids is 1. The van der Waals surface area contributed by atoms with Crippen LogP contribution < -0.4 is 14.4 Å². The number of nitrogens with one attached hydrogen (secondary N) is 2. The third kappa shape index (κ3) is 19.4. The largest absolute Gasteiger partial charge is 0.490 e. The third-order valence-corrected chi connectivity index (χ3v) is 22.0. The van der Waals surface area contributed by atoms with Crippen molar-refractivity contribution in [1.82, 2.24) is 28.0 Å². The van der Waals surface area contributed by atoms with Gasteiger partial charge in [0.15, 0.2) is 12.6 Å². The number of carbonyl (C=O) groups excluding carboxylic acids is 7. The fraction of sp³-hybridized carbons (Fsp3) is 0.455. The smallest absolute Gasteiger partial charge is 0.339 e. The molecule has 7 aromatic rings. The molecule has 5 aromatic heterocycles. The lowest BCUT2D eigenvalue weighted by atomic mass is 9.68. The second kappa shape index (κ2) is 35.3. The number of aliphatic hydroxyl groups excluding tert-OH is 1. The van der Waals surface area contributed by atoms with Gasteiger partial charge in [0.1, 0.15) is 15.7 Å². The summed E-state index contributed by atoms with van der Waals surface area (Å²) in [5.74, 6) is -1.99. The summed E-state index contributed by atoms with van der Waals surface area (Å²) in [6.45, 7) is 15.4. The number of ether oxygens (including phenoxy) is 8. The van der Waals surface area contributed by atoms with Crippen LogP contribution in [0.4, 0.5) is 5.69 Å². The van der Waals surface area contributed by atoms with Crippen LogP contribution in [0.15, 0.2) is 114 Å². The van der Waals surface area contributed by atoms with Gasteiger partial charge in [-0.05, 0) is 156 Å². The van der Waals surface area contributed by atoms with Crippen molar-refractivity contribution < 1.29 is 90.7 Å². The highest BCUT2D eigenvalue weighted by Gasteiger charge is 2.45. The lowest BCUT2D eigenvalue weighted by Crippen LogP contribution is -2.49. The minimum Gasteiger partial charge on any atom is -0.490 e. The number of amides is 2. The number of carbonyl (C=O) groups is 8. The number of carboxylic acid groups (broad SMARTS) is 1. The van der Waals surface area contributed by atoms with Crippen LogP contribution >= 0.6 is 11.6 Å². The molecule has 1 unspecified atom stereocenters. The quantitative estimate of drug-likeness (QED) is 0.0405. The third-order valence-electron chi connectivity index (χ3n) is 19.7. The van der Waals surface area contributed by atoms with E-state index in [0.717, 1.165) is 86.1 Å². The van der Waals surface area contributed by atoms with Gasteiger partial charge in [-0.15, -0.1) is 4.36 Å². The summed E-state index contributed by atoms with van der Waals surface area (Å²) < 4.78 is 72.1. The number of allylic oxidation sites excluding steroid dienone is 1. The predicted octanol–water partition coefficient (Wildman–Crippen LogP) is 10.5. The Labute approximate surface area is 620 Å². The number of rotatable bonds is 11. The second-order valence-corrected chi connectivity index (χ2v) is 30.3. The SMILES string of the molecule is COC(=O)c1c[nH]c(C=O)c1.COC(=O)c1cc(C=O)n(C[C@H](C)O)c1.COC(=O)c1cc2n(c1)C[C@H](C)OC2.CO[C@H]1/C=C/C[C@H](C)CS(=O)(NC(=O)c2cc3n(c2)C[C@H](C)OC3)=NC(=O)c2ccc3c(c2)N(C[C@@H]2CC[C@H]21)C[C@@]1(CCCc2cc(Cl)ccc21)CO3.C[C@H]1Cn2cc(C(=O)O)cc2CO1. The molecule has 106 heavy (non-hydrogen) atoms. The zero-order valence-electron chi connectivity index (χ0n) is 61.0. The maximum Gasteiger partial charge on any atom is 0.339 e. The first-order valence-electron chi connectivity index (χ1n) is 35.2. The molecule has 1 fully saturated rings. The van der Waals surface area contributed by atoms with Crippen molar-refractivity contribution in [3.05, 3.63) is 188 Å². The van der Waals surface area contributed by atoms with Gasteiger partial charge in [-0.25, -0.2) is 23.4 Å². The number of aromatic carboxylic acids is 1. The van der Waals surface area contributed by atoms with Crippen LogP contribution in [-0.4, -0.2) is 170 Å². The lowest BCUT2D eigenvalue weighted by molar-refractivity contribution is 0.0131. The van der Waals surface area contributed by atoms with Crippen LogP contribution in [0.5, 0.6) is 5.75 Å². The van der Waals surface area contributed by atoms with Gasteiger partial charge < -0.3 is 76.3 Å².